The SMILES string of the molecule is CCc1ccc(NC(=O)c2cnc(NCCc3ccc(F)cc3)nc2)cc1. The van der Waals surface area contributed by atoms with E-state index in [0.29, 0.717) is 18.1 Å². The maximum atomic E-state index is 12.9. The van der Waals surface area contributed by atoms with Gasteiger partial charge >= 0.3 is 0 Å². The van der Waals surface area contributed by atoms with Crippen LogP contribution in [-0.2, 0) is 12.8 Å². The van der Waals surface area contributed by atoms with Crippen molar-refractivity contribution in [1.29, 1.82) is 0 Å². The number of hydrogen-bond acceptors (Lipinski definition) is 4. The van der Waals surface area contributed by atoms with Gasteiger partial charge in [-0.15, -0.1) is 0 Å². The van der Waals surface area contributed by atoms with Crippen molar-refractivity contribution in [3.8, 4) is 0 Å². The summed E-state index contributed by atoms with van der Waals surface area (Å²) in [5, 5.41) is 5.92. The highest BCUT2D eigenvalue weighted by atomic mass is 19.1. The van der Waals surface area contributed by atoms with Crippen LogP contribution in [0.1, 0.15) is 28.4 Å². The van der Waals surface area contributed by atoms with Crippen LogP contribution in [-0.4, -0.2) is 22.4 Å². The fourth-order valence-corrected chi connectivity index (χ4v) is 2.53. The molecule has 2 N–H and O–H groups in total. The first kappa shape index (κ1) is 18.5. The Labute approximate surface area is 157 Å². The monoisotopic (exact) mass is 364 g/mol. The van der Waals surface area contributed by atoms with E-state index in [9.17, 15) is 9.18 Å². The van der Waals surface area contributed by atoms with Crippen molar-refractivity contribution < 1.29 is 9.18 Å². The zero-order valence-corrected chi connectivity index (χ0v) is 15.1. The summed E-state index contributed by atoms with van der Waals surface area (Å²) in [5.74, 6) is -0.0525. The average Bonchev–Trinajstić information content (AvgIpc) is 2.70. The largest absolute Gasteiger partial charge is 0.354 e. The lowest BCUT2D eigenvalue weighted by Crippen LogP contribution is -2.14. The smallest absolute Gasteiger partial charge is 0.258 e. The van der Waals surface area contributed by atoms with Crippen LogP contribution < -0.4 is 10.6 Å². The van der Waals surface area contributed by atoms with Gasteiger partial charge in [0.25, 0.3) is 5.91 Å². The summed E-state index contributed by atoms with van der Waals surface area (Å²) in [6, 6.07) is 14.1. The highest BCUT2D eigenvalue weighted by Gasteiger charge is 2.08. The number of carbonyl (C=O) groups is 1. The number of amides is 1. The minimum Gasteiger partial charge on any atom is -0.354 e. The summed E-state index contributed by atoms with van der Waals surface area (Å²) >= 11 is 0. The molecule has 0 fully saturated rings. The van der Waals surface area contributed by atoms with Crippen LogP contribution in [0.25, 0.3) is 0 Å². The molecule has 1 amide bonds. The fourth-order valence-electron chi connectivity index (χ4n) is 2.53. The van der Waals surface area contributed by atoms with Gasteiger partial charge in [-0.05, 0) is 48.2 Å². The number of halogens is 1. The molecular weight excluding hydrogens is 343 g/mol. The Hall–Kier alpha value is -3.28. The number of rotatable bonds is 7. The van der Waals surface area contributed by atoms with Gasteiger partial charge in [-0.25, -0.2) is 14.4 Å². The Kier molecular flexibility index (Phi) is 6.10. The number of nitrogens with zero attached hydrogens (tertiary/aromatic N) is 2. The molecule has 3 aromatic rings. The first-order valence-corrected chi connectivity index (χ1v) is 8.84. The second-order valence-electron chi connectivity index (χ2n) is 6.10. The van der Waals surface area contributed by atoms with E-state index in [-0.39, 0.29) is 11.7 Å². The van der Waals surface area contributed by atoms with Crippen LogP contribution in [0.3, 0.4) is 0 Å². The zero-order valence-electron chi connectivity index (χ0n) is 15.1. The molecule has 27 heavy (non-hydrogen) atoms. The summed E-state index contributed by atoms with van der Waals surface area (Å²) < 4.78 is 12.9. The van der Waals surface area contributed by atoms with Gasteiger partial charge in [0.1, 0.15) is 5.82 Å². The molecule has 0 unspecified atom stereocenters. The molecular formula is C21H21FN4O. The van der Waals surface area contributed by atoms with E-state index in [2.05, 4.69) is 27.5 Å². The molecule has 0 radical (unpaired) electrons. The highest BCUT2D eigenvalue weighted by Crippen LogP contribution is 2.12. The molecule has 0 aliphatic carbocycles. The van der Waals surface area contributed by atoms with Crippen LogP contribution in [0.5, 0.6) is 0 Å². The molecule has 2 aromatic carbocycles. The first-order valence-electron chi connectivity index (χ1n) is 8.84. The number of nitrogens with one attached hydrogen (secondary N) is 2. The number of carbonyl (C=O) groups excluding carboxylic acids is 1. The Morgan fingerprint density at radius 3 is 2.22 bits per heavy atom. The summed E-state index contributed by atoms with van der Waals surface area (Å²) in [6.45, 7) is 2.70. The van der Waals surface area contributed by atoms with Crippen LogP contribution >= 0.6 is 0 Å². The predicted octanol–water partition coefficient (Wildman–Crippen LogP) is 4.09. The molecule has 0 saturated heterocycles. The number of aryl methyl sites for hydroxylation is 1. The van der Waals surface area contributed by atoms with E-state index in [0.717, 1.165) is 24.1 Å². The van der Waals surface area contributed by atoms with Crippen molar-refractivity contribution >= 4 is 17.5 Å². The van der Waals surface area contributed by atoms with Crippen molar-refractivity contribution in [2.24, 2.45) is 0 Å². The third-order valence-electron chi connectivity index (χ3n) is 4.14. The van der Waals surface area contributed by atoms with E-state index in [1.165, 1.54) is 30.1 Å². The van der Waals surface area contributed by atoms with Gasteiger partial charge in [0.05, 0.1) is 5.56 Å². The van der Waals surface area contributed by atoms with E-state index < -0.39 is 0 Å². The third kappa shape index (κ3) is 5.34. The second-order valence-corrected chi connectivity index (χ2v) is 6.10. The number of hydrogen-bond donors (Lipinski definition) is 2. The van der Waals surface area contributed by atoms with E-state index in [1.54, 1.807) is 12.1 Å². The van der Waals surface area contributed by atoms with Gasteiger partial charge in [0, 0.05) is 24.6 Å². The van der Waals surface area contributed by atoms with Crippen molar-refractivity contribution in [1.82, 2.24) is 9.97 Å². The molecule has 1 heterocycles. The molecule has 0 atom stereocenters. The Morgan fingerprint density at radius 2 is 1.59 bits per heavy atom. The Balaban J connectivity index is 1.51. The third-order valence-corrected chi connectivity index (χ3v) is 4.14. The first-order chi connectivity index (χ1) is 13.1. The van der Waals surface area contributed by atoms with Gasteiger partial charge in [0.2, 0.25) is 5.95 Å². The molecule has 0 bridgehead atoms. The number of anilines is 2. The van der Waals surface area contributed by atoms with Crippen LogP contribution in [0.4, 0.5) is 16.0 Å². The quantitative estimate of drug-likeness (QED) is 0.663. The van der Waals surface area contributed by atoms with Gasteiger partial charge in [-0.1, -0.05) is 31.2 Å². The van der Waals surface area contributed by atoms with Crippen LogP contribution in [0.2, 0.25) is 0 Å². The summed E-state index contributed by atoms with van der Waals surface area (Å²) in [6.07, 6.45) is 4.66. The van der Waals surface area contributed by atoms with Crippen molar-refractivity contribution in [3.63, 3.8) is 0 Å². The fraction of sp³-hybridized carbons (Fsp3) is 0.190. The molecule has 0 saturated carbocycles. The minimum absolute atomic E-state index is 0.245. The van der Waals surface area contributed by atoms with Crippen LogP contribution in [0, 0.1) is 5.82 Å². The molecule has 0 aliphatic heterocycles. The summed E-state index contributed by atoms with van der Waals surface area (Å²) in [7, 11) is 0. The van der Waals surface area contributed by atoms with Gasteiger partial charge in [-0.3, -0.25) is 4.79 Å². The lowest BCUT2D eigenvalue weighted by molar-refractivity contribution is 0.102. The van der Waals surface area contributed by atoms with Crippen molar-refractivity contribution in [3.05, 3.63) is 83.4 Å². The Morgan fingerprint density at radius 1 is 0.963 bits per heavy atom. The number of benzene rings is 2. The molecule has 1 aromatic heterocycles. The van der Waals surface area contributed by atoms with Crippen LogP contribution in [0.15, 0.2) is 60.9 Å². The predicted molar refractivity (Wildman–Crippen MR) is 104 cm³/mol. The molecule has 5 nitrogen and oxygen atoms in total. The van der Waals surface area contributed by atoms with E-state index >= 15 is 0 Å². The maximum absolute atomic E-state index is 12.9. The second kappa shape index (κ2) is 8.89. The van der Waals surface area contributed by atoms with Crippen molar-refractivity contribution in [2.75, 3.05) is 17.2 Å². The average molecular weight is 364 g/mol. The maximum Gasteiger partial charge on any atom is 0.258 e. The molecule has 6 heteroatoms. The minimum atomic E-state index is -0.253. The highest BCUT2D eigenvalue weighted by molar-refractivity contribution is 6.03. The lowest BCUT2D eigenvalue weighted by Gasteiger charge is -2.07. The molecule has 0 spiro atoms. The van der Waals surface area contributed by atoms with Gasteiger partial charge < -0.3 is 10.6 Å². The summed E-state index contributed by atoms with van der Waals surface area (Å²) in [4.78, 5) is 20.6. The molecule has 138 valence electrons. The normalized spacial score (nSPS) is 10.4. The van der Waals surface area contributed by atoms with Crippen molar-refractivity contribution in [2.45, 2.75) is 19.8 Å². The lowest BCUT2D eigenvalue weighted by atomic mass is 10.1. The molecule has 0 aliphatic rings. The zero-order chi connectivity index (χ0) is 19.1. The van der Waals surface area contributed by atoms with E-state index in [4.69, 9.17) is 0 Å². The van der Waals surface area contributed by atoms with Gasteiger partial charge in [0.15, 0.2) is 0 Å². The standard InChI is InChI=1S/C21H21FN4O/c1-2-15-5-9-19(10-6-15)26-20(27)17-13-24-21(25-14-17)23-12-11-16-3-7-18(22)8-4-16/h3-10,13-14H,2,11-12H2,1H3,(H,26,27)(H,23,24,25). The topological polar surface area (TPSA) is 66.9 Å². The summed E-state index contributed by atoms with van der Waals surface area (Å²) in [5.41, 5.74) is 3.36. The number of aromatic nitrogens is 2. The Bertz CT molecular complexity index is 878. The van der Waals surface area contributed by atoms with E-state index in [1.807, 2.05) is 24.3 Å². The molecule has 3 rings (SSSR count). The van der Waals surface area contributed by atoms with Gasteiger partial charge in [-0.2, -0.15) is 0 Å².